The summed E-state index contributed by atoms with van der Waals surface area (Å²) in [6.07, 6.45) is 1.23. The van der Waals surface area contributed by atoms with Gasteiger partial charge in [-0.2, -0.15) is 5.10 Å². The second-order valence-electron chi connectivity index (χ2n) is 8.53. The van der Waals surface area contributed by atoms with Crippen molar-refractivity contribution in [2.75, 3.05) is 13.6 Å². The highest BCUT2D eigenvalue weighted by atomic mass is 15.3. The molecule has 0 spiro atoms. The monoisotopic (exact) mass is 399 g/mol. The molecule has 2 N–H and O–H groups in total. The Morgan fingerprint density at radius 1 is 1.10 bits per heavy atom. The predicted octanol–water partition coefficient (Wildman–Crippen LogP) is 3.74. The Labute approximate surface area is 178 Å². The van der Waals surface area contributed by atoms with Crippen LogP contribution in [-0.2, 0) is 13.0 Å². The summed E-state index contributed by atoms with van der Waals surface area (Å²) >= 11 is 0. The van der Waals surface area contributed by atoms with Gasteiger partial charge >= 0.3 is 0 Å². The van der Waals surface area contributed by atoms with Crippen LogP contribution in [0.25, 0.3) is 5.69 Å². The summed E-state index contributed by atoms with van der Waals surface area (Å²) in [6.45, 7) is 5.80. The average Bonchev–Trinajstić information content (AvgIpc) is 3.10. The van der Waals surface area contributed by atoms with Crippen LogP contribution in [0.1, 0.15) is 34.0 Å². The zero-order valence-electron chi connectivity index (χ0n) is 17.9. The molecule has 3 unspecified atom stereocenters. The summed E-state index contributed by atoms with van der Waals surface area (Å²) in [7, 11) is 1.84. The molecule has 30 heavy (non-hydrogen) atoms. The van der Waals surface area contributed by atoms with Crippen LogP contribution in [0, 0.1) is 25.7 Å². The molecule has 3 aromatic rings. The van der Waals surface area contributed by atoms with Crippen molar-refractivity contribution in [2.45, 2.75) is 32.7 Å². The normalized spacial score (nSPS) is 21.8. The predicted molar refractivity (Wildman–Crippen MR) is 121 cm³/mol. The van der Waals surface area contributed by atoms with Gasteiger partial charge in [-0.15, -0.1) is 0 Å². The van der Waals surface area contributed by atoms with Crippen molar-refractivity contribution < 1.29 is 0 Å². The molecule has 2 aliphatic carbocycles. The van der Waals surface area contributed by atoms with Crippen LogP contribution >= 0.6 is 0 Å². The maximum absolute atomic E-state index is 4.65. The van der Waals surface area contributed by atoms with Gasteiger partial charge in [-0.05, 0) is 66.8 Å². The van der Waals surface area contributed by atoms with Gasteiger partial charge in [0.05, 0.1) is 11.4 Å². The molecular weight excluding hydrogens is 370 g/mol. The van der Waals surface area contributed by atoms with Crippen LogP contribution < -0.4 is 10.6 Å². The van der Waals surface area contributed by atoms with Crippen LogP contribution in [0.15, 0.2) is 59.6 Å². The summed E-state index contributed by atoms with van der Waals surface area (Å²) in [4.78, 5) is 4.44. The van der Waals surface area contributed by atoms with Crippen molar-refractivity contribution in [3.8, 4) is 5.69 Å². The Hall–Kier alpha value is -3.08. The minimum Gasteiger partial charge on any atom is -0.356 e. The van der Waals surface area contributed by atoms with Crippen molar-refractivity contribution in [2.24, 2.45) is 16.8 Å². The van der Waals surface area contributed by atoms with Crippen molar-refractivity contribution in [3.63, 3.8) is 0 Å². The van der Waals surface area contributed by atoms with Crippen molar-refractivity contribution in [1.29, 1.82) is 0 Å². The molecule has 1 heterocycles. The first-order valence-electron chi connectivity index (χ1n) is 10.8. The van der Waals surface area contributed by atoms with E-state index in [0.717, 1.165) is 47.3 Å². The third kappa shape index (κ3) is 3.38. The largest absolute Gasteiger partial charge is 0.356 e. The van der Waals surface area contributed by atoms with E-state index < -0.39 is 0 Å². The molecule has 0 bridgehead atoms. The Morgan fingerprint density at radius 3 is 2.70 bits per heavy atom. The highest BCUT2D eigenvalue weighted by Gasteiger charge is 2.54. The summed E-state index contributed by atoms with van der Waals surface area (Å²) in [5.41, 5.74) is 7.60. The number of aryl methyl sites for hydroxylation is 2. The van der Waals surface area contributed by atoms with Crippen molar-refractivity contribution in [3.05, 3.63) is 82.7 Å². The maximum atomic E-state index is 4.65. The number of aliphatic imine (C=N–C) groups is 1. The molecule has 0 amide bonds. The summed E-state index contributed by atoms with van der Waals surface area (Å²) in [6, 6.07) is 19.4. The molecule has 0 radical (unpaired) electrons. The lowest BCUT2D eigenvalue weighted by Gasteiger charge is -2.15. The topological polar surface area (TPSA) is 54.2 Å². The smallest absolute Gasteiger partial charge is 0.191 e. The van der Waals surface area contributed by atoms with E-state index in [9.17, 15) is 0 Å². The SMILES string of the molecule is CN=C(NCc1ccccc1-n1nc(C)cc1C)NCC1C2Cc3ccccc3C12. The number of fused-ring (bicyclic) bond motifs is 3. The van der Waals surface area contributed by atoms with Crippen LogP contribution in [0.5, 0.6) is 0 Å². The number of guanidine groups is 1. The Morgan fingerprint density at radius 2 is 1.90 bits per heavy atom. The Bertz CT molecular complexity index is 1100. The van der Waals surface area contributed by atoms with Gasteiger partial charge in [-0.3, -0.25) is 4.99 Å². The number of rotatable bonds is 5. The highest BCUT2D eigenvalue weighted by Crippen LogP contribution is 2.60. The van der Waals surface area contributed by atoms with Gasteiger partial charge in [0.2, 0.25) is 0 Å². The molecule has 1 saturated carbocycles. The zero-order chi connectivity index (χ0) is 20.7. The number of nitrogens with zero attached hydrogens (tertiary/aromatic N) is 3. The second-order valence-corrected chi connectivity index (χ2v) is 8.53. The van der Waals surface area contributed by atoms with Crippen LogP contribution in [-0.4, -0.2) is 29.3 Å². The summed E-state index contributed by atoms with van der Waals surface area (Å²) in [5, 5.41) is 11.7. The van der Waals surface area contributed by atoms with Crippen molar-refractivity contribution in [1.82, 2.24) is 20.4 Å². The summed E-state index contributed by atoms with van der Waals surface area (Å²) < 4.78 is 2.02. The lowest BCUT2D eigenvalue weighted by Crippen LogP contribution is -2.38. The third-order valence-electron chi connectivity index (χ3n) is 6.61. The third-order valence-corrected chi connectivity index (χ3v) is 6.61. The number of nitrogens with one attached hydrogen (secondary N) is 2. The molecule has 0 aliphatic heterocycles. The number of aromatic nitrogens is 2. The van der Waals surface area contributed by atoms with Gasteiger partial charge in [0.25, 0.3) is 0 Å². The quantitative estimate of drug-likeness (QED) is 0.508. The maximum Gasteiger partial charge on any atom is 0.191 e. The molecule has 0 saturated heterocycles. The fourth-order valence-corrected chi connectivity index (χ4v) is 5.12. The number of hydrogen-bond donors (Lipinski definition) is 2. The minimum atomic E-state index is 0.703. The Kier molecular flexibility index (Phi) is 4.81. The number of benzene rings is 2. The molecule has 1 fully saturated rings. The lowest BCUT2D eigenvalue weighted by molar-refractivity contribution is 0.653. The fourth-order valence-electron chi connectivity index (χ4n) is 5.12. The highest BCUT2D eigenvalue weighted by molar-refractivity contribution is 5.79. The fraction of sp³-hybridized carbons (Fsp3) is 0.360. The first-order valence-corrected chi connectivity index (χ1v) is 10.8. The molecule has 2 aliphatic rings. The van der Waals surface area contributed by atoms with E-state index in [1.54, 1.807) is 11.1 Å². The Balaban J connectivity index is 1.21. The molecule has 3 atom stereocenters. The molecule has 5 heteroatoms. The zero-order valence-corrected chi connectivity index (χ0v) is 17.9. The first kappa shape index (κ1) is 18.9. The van der Waals surface area contributed by atoms with E-state index in [0.29, 0.717) is 6.54 Å². The number of hydrogen-bond acceptors (Lipinski definition) is 2. The molecule has 154 valence electrons. The van der Waals surface area contributed by atoms with Crippen LogP contribution in [0.2, 0.25) is 0 Å². The van der Waals surface area contributed by atoms with E-state index in [1.165, 1.54) is 12.0 Å². The second kappa shape index (κ2) is 7.63. The lowest BCUT2D eigenvalue weighted by atomic mass is 10.0. The standard InChI is InChI=1S/C25H29N5/c1-16-12-17(2)30(29-16)23-11-7-5-9-19(23)14-27-25(26-3)28-15-22-21-13-18-8-4-6-10-20(18)24(21)22/h4-12,21-22,24H,13-15H2,1-3H3,(H2,26,27,28). The first-order chi connectivity index (χ1) is 14.7. The average molecular weight is 400 g/mol. The van der Waals surface area contributed by atoms with E-state index in [1.807, 2.05) is 18.7 Å². The van der Waals surface area contributed by atoms with E-state index in [-0.39, 0.29) is 0 Å². The molecular formula is C25H29N5. The van der Waals surface area contributed by atoms with Gasteiger partial charge in [-0.25, -0.2) is 4.68 Å². The minimum absolute atomic E-state index is 0.703. The van der Waals surface area contributed by atoms with E-state index in [2.05, 4.69) is 82.2 Å². The van der Waals surface area contributed by atoms with Gasteiger partial charge in [-0.1, -0.05) is 42.5 Å². The van der Waals surface area contributed by atoms with Crippen LogP contribution in [0.4, 0.5) is 0 Å². The van der Waals surface area contributed by atoms with Crippen molar-refractivity contribution >= 4 is 5.96 Å². The molecule has 5 rings (SSSR count). The van der Waals surface area contributed by atoms with Gasteiger partial charge in [0.15, 0.2) is 5.96 Å². The number of para-hydroxylation sites is 1. The van der Waals surface area contributed by atoms with Gasteiger partial charge < -0.3 is 10.6 Å². The van der Waals surface area contributed by atoms with Gasteiger partial charge in [0.1, 0.15) is 0 Å². The summed E-state index contributed by atoms with van der Waals surface area (Å²) in [5.74, 6) is 3.12. The molecule has 5 nitrogen and oxygen atoms in total. The van der Waals surface area contributed by atoms with Gasteiger partial charge in [0, 0.05) is 25.8 Å². The molecule has 2 aromatic carbocycles. The molecule has 1 aromatic heterocycles. The van der Waals surface area contributed by atoms with Crippen LogP contribution in [0.3, 0.4) is 0 Å². The van der Waals surface area contributed by atoms with E-state index >= 15 is 0 Å². The van der Waals surface area contributed by atoms with E-state index in [4.69, 9.17) is 0 Å².